The van der Waals surface area contributed by atoms with E-state index in [-0.39, 0.29) is 5.56 Å². The molecule has 124 valence electrons. The Balaban J connectivity index is 1.70. The van der Waals surface area contributed by atoms with Crippen LogP contribution in [0, 0.1) is 6.92 Å². The van der Waals surface area contributed by atoms with E-state index in [2.05, 4.69) is 9.97 Å². The normalized spacial score (nSPS) is 11.1. The van der Waals surface area contributed by atoms with Crippen LogP contribution in [0.1, 0.15) is 11.3 Å². The Morgan fingerprint density at radius 3 is 2.88 bits per heavy atom. The van der Waals surface area contributed by atoms with E-state index in [0.29, 0.717) is 22.5 Å². The van der Waals surface area contributed by atoms with E-state index in [9.17, 15) is 4.79 Å². The maximum absolute atomic E-state index is 12.7. The van der Waals surface area contributed by atoms with Crippen LogP contribution in [0.2, 0.25) is 5.02 Å². The van der Waals surface area contributed by atoms with Crippen molar-refractivity contribution in [2.75, 3.05) is 0 Å². The quantitative estimate of drug-likeness (QED) is 0.534. The molecule has 0 aliphatic heterocycles. The first-order valence-electron chi connectivity index (χ1n) is 7.77. The zero-order valence-electron chi connectivity index (χ0n) is 13.4. The molecular weight excluding hydrogens is 354 g/mol. The van der Waals surface area contributed by atoms with E-state index >= 15 is 0 Å². The highest BCUT2D eigenvalue weighted by molar-refractivity contribution is 7.13. The van der Waals surface area contributed by atoms with Crippen LogP contribution in [0.5, 0.6) is 0 Å². The van der Waals surface area contributed by atoms with E-state index in [1.807, 2.05) is 54.8 Å². The van der Waals surface area contributed by atoms with E-state index in [1.165, 1.54) is 11.3 Å². The number of nitrogens with zero attached hydrogens (tertiary/aromatic N) is 3. The van der Waals surface area contributed by atoms with Gasteiger partial charge in [0.1, 0.15) is 5.01 Å². The molecule has 25 heavy (non-hydrogen) atoms. The van der Waals surface area contributed by atoms with Gasteiger partial charge in [-0.05, 0) is 25.1 Å². The molecule has 0 N–H and O–H groups in total. The van der Waals surface area contributed by atoms with Gasteiger partial charge in [-0.3, -0.25) is 9.36 Å². The second-order valence-electron chi connectivity index (χ2n) is 5.82. The Kier molecular flexibility index (Phi) is 4.11. The molecule has 0 amide bonds. The molecule has 4 nitrogen and oxygen atoms in total. The number of aromatic nitrogens is 3. The molecule has 0 spiro atoms. The van der Waals surface area contributed by atoms with Gasteiger partial charge in [-0.1, -0.05) is 41.4 Å². The summed E-state index contributed by atoms with van der Waals surface area (Å²) in [5, 5.41) is 4.09. The SMILES string of the molecule is Cc1ccc2ncn(Cc3csc(-c4ccccc4Cl)n3)c(=O)c2c1. The van der Waals surface area contributed by atoms with Crippen molar-refractivity contribution in [1.82, 2.24) is 14.5 Å². The standard InChI is InChI=1S/C19H14ClN3OS/c1-12-6-7-17-15(8-12)19(24)23(11-21-17)9-13-10-25-18(22-13)14-4-2-3-5-16(14)20/h2-8,10-11H,9H2,1H3. The zero-order valence-corrected chi connectivity index (χ0v) is 15.0. The maximum Gasteiger partial charge on any atom is 0.261 e. The van der Waals surface area contributed by atoms with E-state index < -0.39 is 0 Å². The minimum atomic E-state index is -0.0546. The van der Waals surface area contributed by atoms with Crippen molar-refractivity contribution in [2.45, 2.75) is 13.5 Å². The van der Waals surface area contributed by atoms with Crippen LogP contribution in [0.3, 0.4) is 0 Å². The topological polar surface area (TPSA) is 47.8 Å². The monoisotopic (exact) mass is 367 g/mol. The highest BCUT2D eigenvalue weighted by atomic mass is 35.5. The molecule has 6 heteroatoms. The molecule has 0 atom stereocenters. The van der Waals surface area contributed by atoms with Crippen LogP contribution >= 0.6 is 22.9 Å². The summed E-state index contributed by atoms with van der Waals surface area (Å²) in [5.74, 6) is 0. The number of rotatable bonds is 3. The summed E-state index contributed by atoms with van der Waals surface area (Å²) in [7, 11) is 0. The van der Waals surface area contributed by atoms with Crippen molar-refractivity contribution in [1.29, 1.82) is 0 Å². The largest absolute Gasteiger partial charge is 0.293 e. The van der Waals surface area contributed by atoms with Crippen LogP contribution in [0.25, 0.3) is 21.5 Å². The van der Waals surface area contributed by atoms with Crippen LogP contribution in [0.15, 0.2) is 59.0 Å². The smallest absolute Gasteiger partial charge is 0.261 e. The Hall–Kier alpha value is -2.50. The number of benzene rings is 2. The van der Waals surface area contributed by atoms with Crippen molar-refractivity contribution in [3.05, 3.63) is 80.8 Å². The lowest BCUT2D eigenvalue weighted by Gasteiger charge is -2.05. The van der Waals surface area contributed by atoms with Gasteiger partial charge in [-0.2, -0.15) is 0 Å². The fraction of sp³-hybridized carbons (Fsp3) is 0.105. The average molecular weight is 368 g/mol. The number of aryl methyl sites for hydroxylation is 1. The van der Waals surface area contributed by atoms with E-state index in [1.54, 1.807) is 10.9 Å². The third-order valence-electron chi connectivity index (χ3n) is 3.97. The van der Waals surface area contributed by atoms with Gasteiger partial charge in [-0.15, -0.1) is 11.3 Å². The molecule has 0 fully saturated rings. The van der Waals surface area contributed by atoms with Crippen molar-refractivity contribution < 1.29 is 0 Å². The van der Waals surface area contributed by atoms with Crippen molar-refractivity contribution >= 4 is 33.8 Å². The van der Waals surface area contributed by atoms with Crippen LogP contribution in [0.4, 0.5) is 0 Å². The molecule has 4 rings (SSSR count). The van der Waals surface area contributed by atoms with Gasteiger partial charge < -0.3 is 0 Å². The number of halogens is 1. The van der Waals surface area contributed by atoms with Crippen molar-refractivity contribution in [2.24, 2.45) is 0 Å². The molecule has 0 bridgehead atoms. The molecule has 2 aromatic heterocycles. The zero-order chi connectivity index (χ0) is 17.4. The number of hydrogen-bond donors (Lipinski definition) is 0. The Morgan fingerprint density at radius 2 is 2.04 bits per heavy atom. The predicted molar refractivity (Wildman–Crippen MR) is 102 cm³/mol. The van der Waals surface area contributed by atoms with Gasteiger partial charge in [-0.25, -0.2) is 9.97 Å². The summed E-state index contributed by atoms with van der Waals surface area (Å²) in [6, 6.07) is 13.3. The Labute approximate surface area is 153 Å². The predicted octanol–water partition coefficient (Wildman–Crippen LogP) is 4.53. The first-order valence-corrected chi connectivity index (χ1v) is 9.03. The lowest BCUT2D eigenvalue weighted by atomic mass is 10.2. The van der Waals surface area contributed by atoms with Gasteiger partial charge in [0.15, 0.2) is 0 Å². The van der Waals surface area contributed by atoms with Gasteiger partial charge in [0.25, 0.3) is 5.56 Å². The molecule has 0 aliphatic carbocycles. The second-order valence-corrected chi connectivity index (χ2v) is 7.09. The molecule has 2 aromatic carbocycles. The average Bonchev–Trinajstić information content (AvgIpc) is 3.07. The summed E-state index contributed by atoms with van der Waals surface area (Å²) in [6.45, 7) is 2.35. The minimum Gasteiger partial charge on any atom is -0.293 e. The summed E-state index contributed by atoms with van der Waals surface area (Å²) in [4.78, 5) is 21.7. The first-order chi connectivity index (χ1) is 12.1. The first kappa shape index (κ1) is 16.0. The van der Waals surface area contributed by atoms with Gasteiger partial charge in [0, 0.05) is 10.9 Å². The van der Waals surface area contributed by atoms with E-state index in [0.717, 1.165) is 21.8 Å². The summed E-state index contributed by atoms with van der Waals surface area (Å²) in [6.07, 6.45) is 1.58. The van der Waals surface area contributed by atoms with Crippen molar-refractivity contribution in [3.8, 4) is 10.6 Å². The maximum atomic E-state index is 12.7. The van der Waals surface area contributed by atoms with E-state index in [4.69, 9.17) is 11.6 Å². The second kappa shape index (κ2) is 6.43. The molecule has 2 heterocycles. The number of fused-ring (bicyclic) bond motifs is 1. The van der Waals surface area contributed by atoms with Crippen molar-refractivity contribution in [3.63, 3.8) is 0 Å². The number of thiazole rings is 1. The van der Waals surface area contributed by atoms with Gasteiger partial charge in [0.05, 0.1) is 34.5 Å². The van der Waals surface area contributed by atoms with Crippen LogP contribution in [-0.2, 0) is 6.54 Å². The third kappa shape index (κ3) is 3.08. The van der Waals surface area contributed by atoms with Gasteiger partial charge in [0.2, 0.25) is 0 Å². The fourth-order valence-electron chi connectivity index (χ4n) is 2.70. The van der Waals surface area contributed by atoms with Crippen LogP contribution < -0.4 is 5.56 Å². The Bertz CT molecular complexity index is 1130. The molecule has 4 aromatic rings. The van der Waals surface area contributed by atoms with Gasteiger partial charge >= 0.3 is 0 Å². The summed E-state index contributed by atoms with van der Waals surface area (Å²) in [5.41, 5.74) is 3.41. The highest BCUT2D eigenvalue weighted by Gasteiger charge is 2.10. The Morgan fingerprint density at radius 1 is 1.20 bits per heavy atom. The lowest BCUT2D eigenvalue weighted by molar-refractivity contribution is 0.734. The third-order valence-corrected chi connectivity index (χ3v) is 5.22. The number of hydrogen-bond acceptors (Lipinski definition) is 4. The summed E-state index contributed by atoms with van der Waals surface area (Å²) < 4.78 is 1.59. The fourth-order valence-corrected chi connectivity index (χ4v) is 3.83. The molecule has 0 radical (unpaired) electrons. The summed E-state index contributed by atoms with van der Waals surface area (Å²) >= 11 is 7.75. The van der Waals surface area contributed by atoms with Crippen LogP contribution in [-0.4, -0.2) is 14.5 Å². The minimum absolute atomic E-state index is 0.0546. The highest BCUT2D eigenvalue weighted by Crippen LogP contribution is 2.30. The molecular formula is C19H14ClN3OS. The molecule has 0 aliphatic rings. The molecule has 0 saturated carbocycles. The molecule has 0 unspecified atom stereocenters. The molecule has 0 saturated heterocycles. The lowest BCUT2D eigenvalue weighted by Crippen LogP contribution is -2.21.